The van der Waals surface area contributed by atoms with Gasteiger partial charge < -0.3 is 15.4 Å². The Morgan fingerprint density at radius 1 is 1.43 bits per heavy atom. The zero-order valence-corrected chi connectivity index (χ0v) is 12.8. The molecular weight excluding hydrogens is 292 g/mol. The summed E-state index contributed by atoms with van der Waals surface area (Å²) >= 11 is 0. The van der Waals surface area contributed by atoms with E-state index in [2.05, 4.69) is 10.6 Å². The predicted molar refractivity (Wildman–Crippen MR) is 81.3 cm³/mol. The van der Waals surface area contributed by atoms with E-state index in [1.807, 2.05) is 13.0 Å². The van der Waals surface area contributed by atoms with E-state index in [1.54, 1.807) is 18.2 Å². The summed E-state index contributed by atoms with van der Waals surface area (Å²) in [6.07, 6.45) is 0.125. The molecule has 0 saturated carbocycles. The van der Waals surface area contributed by atoms with Gasteiger partial charge in [0.2, 0.25) is 5.91 Å². The molecule has 1 aromatic carbocycles. The first-order chi connectivity index (χ1) is 10.00. The van der Waals surface area contributed by atoms with Crippen LogP contribution in [0.1, 0.15) is 13.3 Å². The molecule has 1 heterocycles. The summed E-state index contributed by atoms with van der Waals surface area (Å²) in [7, 11) is -3.03. The molecule has 0 bridgehead atoms. The van der Waals surface area contributed by atoms with Gasteiger partial charge in [-0.15, -0.1) is 0 Å². The molecule has 0 aromatic heterocycles. The largest absolute Gasteiger partial charge is 0.492 e. The molecule has 1 unspecified atom stereocenters. The number of carbonyl (C=O) groups is 1. The number of carbonyl (C=O) groups excluding carboxylic acids is 1. The van der Waals surface area contributed by atoms with Crippen LogP contribution in [0.5, 0.6) is 5.75 Å². The maximum absolute atomic E-state index is 12.0. The van der Waals surface area contributed by atoms with E-state index < -0.39 is 9.84 Å². The minimum absolute atomic E-state index is 0.00747. The third kappa shape index (κ3) is 4.71. The molecular formula is C14H20N2O4S. The number of para-hydroxylation sites is 2. The van der Waals surface area contributed by atoms with Gasteiger partial charge in [-0.2, -0.15) is 0 Å². The van der Waals surface area contributed by atoms with Crippen molar-refractivity contribution in [3.05, 3.63) is 24.3 Å². The standard InChI is InChI=1S/C14H20N2O4S/c1-2-20-13-6-4-3-5-12(13)16-14(17)9-11-10-21(18,19)8-7-15-11/h3-6,11,15H,2,7-10H2,1H3,(H,16,17). The molecule has 0 spiro atoms. The van der Waals surface area contributed by atoms with Gasteiger partial charge in [-0.05, 0) is 19.1 Å². The van der Waals surface area contributed by atoms with E-state index in [0.29, 0.717) is 24.6 Å². The van der Waals surface area contributed by atoms with Crippen LogP contribution in [0.4, 0.5) is 5.69 Å². The van der Waals surface area contributed by atoms with Crippen LogP contribution in [-0.2, 0) is 14.6 Å². The smallest absolute Gasteiger partial charge is 0.226 e. The normalized spacial score (nSPS) is 20.7. The molecule has 1 aromatic rings. The van der Waals surface area contributed by atoms with Crippen LogP contribution in [0.3, 0.4) is 0 Å². The van der Waals surface area contributed by atoms with Gasteiger partial charge in [-0.3, -0.25) is 4.79 Å². The summed E-state index contributed by atoms with van der Waals surface area (Å²) in [5, 5.41) is 5.83. The molecule has 1 saturated heterocycles. The number of anilines is 1. The van der Waals surface area contributed by atoms with E-state index >= 15 is 0 Å². The lowest BCUT2D eigenvalue weighted by atomic mass is 10.2. The minimum atomic E-state index is -3.03. The Labute approximate surface area is 124 Å². The third-order valence-electron chi connectivity index (χ3n) is 3.19. The van der Waals surface area contributed by atoms with Crippen LogP contribution in [-0.4, -0.2) is 45.0 Å². The summed E-state index contributed by atoms with van der Waals surface area (Å²) in [6.45, 7) is 2.78. The lowest BCUT2D eigenvalue weighted by Gasteiger charge is -2.23. The molecule has 21 heavy (non-hydrogen) atoms. The number of benzene rings is 1. The fraction of sp³-hybridized carbons (Fsp3) is 0.500. The molecule has 116 valence electrons. The Hall–Kier alpha value is -1.60. The summed E-state index contributed by atoms with van der Waals surface area (Å²) in [6, 6.07) is 6.84. The van der Waals surface area contributed by atoms with Crippen molar-refractivity contribution in [1.82, 2.24) is 5.32 Å². The van der Waals surface area contributed by atoms with Gasteiger partial charge in [-0.25, -0.2) is 8.42 Å². The summed E-state index contributed by atoms with van der Waals surface area (Å²) in [5.41, 5.74) is 0.600. The van der Waals surface area contributed by atoms with Crippen molar-refractivity contribution in [3.8, 4) is 5.75 Å². The molecule has 1 atom stereocenters. The number of rotatable bonds is 5. The lowest BCUT2D eigenvalue weighted by molar-refractivity contribution is -0.116. The van der Waals surface area contributed by atoms with Crippen LogP contribution in [0, 0.1) is 0 Å². The van der Waals surface area contributed by atoms with Crippen molar-refractivity contribution < 1.29 is 17.9 Å². The van der Waals surface area contributed by atoms with Crippen molar-refractivity contribution in [1.29, 1.82) is 0 Å². The first kappa shape index (κ1) is 15.8. The quantitative estimate of drug-likeness (QED) is 0.840. The Balaban J connectivity index is 1.96. The summed E-state index contributed by atoms with van der Waals surface area (Å²) in [4.78, 5) is 12.0. The minimum Gasteiger partial charge on any atom is -0.492 e. The monoisotopic (exact) mass is 312 g/mol. The molecule has 0 radical (unpaired) electrons. The second-order valence-electron chi connectivity index (χ2n) is 4.95. The van der Waals surface area contributed by atoms with Gasteiger partial charge in [0.1, 0.15) is 5.75 Å². The zero-order chi connectivity index (χ0) is 15.3. The van der Waals surface area contributed by atoms with Gasteiger partial charge in [0.05, 0.1) is 23.8 Å². The number of amides is 1. The molecule has 1 aliphatic heterocycles. The molecule has 2 rings (SSSR count). The number of nitrogens with one attached hydrogen (secondary N) is 2. The Morgan fingerprint density at radius 2 is 2.19 bits per heavy atom. The Kier molecular flexibility index (Phi) is 5.19. The maximum atomic E-state index is 12.0. The van der Waals surface area contributed by atoms with E-state index in [9.17, 15) is 13.2 Å². The van der Waals surface area contributed by atoms with Crippen molar-refractivity contribution in [2.75, 3.05) is 30.0 Å². The first-order valence-corrected chi connectivity index (χ1v) is 8.78. The average Bonchev–Trinajstić information content (AvgIpc) is 2.40. The topological polar surface area (TPSA) is 84.5 Å². The van der Waals surface area contributed by atoms with Crippen molar-refractivity contribution in [3.63, 3.8) is 0 Å². The maximum Gasteiger partial charge on any atom is 0.226 e. The van der Waals surface area contributed by atoms with Crippen LogP contribution in [0.25, 0.3) is 0 Å². The van der Waals surface area contributed by atoms with E-state index in [-0.39, 0.29) is 29.9 Å². The number of ether oxygens (including phenoxy) is 1. The van der Waals surface area contributed by atoms with E-state index in [4.69, 9.17) is 4.74 Å². The fourth-order valence-corrected chi connectivity index (χ4v) is 3.72. The van der Waals surface area contributed by atoms with Gasteiger partial charge in [0.25, 0.3) is 0 Å². The highest BCUT2D eigenvalue weighted by Crippen LogP contribution is 2.23. The van der Waals surface area contributed by atoms with Crippen LogP contribution >= 0.6 is 0 Å². The van der Waals surface area contributed by atoms with Crippen LogP contribution in [0.2, 0.25) is 0 Å². The number of sulfone groups is 1. The highest BCUT2D eigenvalue weighted by Gasteiger charge is 2.26. The SMILES string of the molecule is CCOc1ccccc1NC(=O)CC1CS(=O)(=O)CCN1. The highest BCUT2D eigenvalue weighted by atomic mass is 32.2. The lowest BCUT2D eigenvalue weighted by Crippen LogP contribution is -2.46. The molecule has 2 N–H and O–H groups in total. The predicted octanol–water partition coefficient (Wildman–Crippen LogP) is 0.800. The van der Waals surface area contributed by atoms with Crippen molar-refractivity contribution in [2.24, 2.45) is 0 Å². The number of hydrogen-bond donors (Lipinski definition) is 2. The van der Waals surface area contributed by atoms with Crippen molar-refractivity contribution >= 4 is 21.4 Å². The van der Waals surface area contributed by atoms with Crippen LogP contribution < -0.4 is 15.4 Å². The summed E-state index contributed by atoms with van der Waals surface area (Å²) < 4.78 is 28.5. The highest BCUT2D eigenvalue weighted by molar-refractivity contribution is 7.91. The Bertz CT molecular complexity index is 601. The average molecular weight is 312 g/mol. The molecule has 1 fully saturated rings. The van der Waals surface area contributed by atoms with Gasteiger partial charge in [-0.1, -0.05) is 12.1 Å². The Morgan fingerprint density at radius 3 is 2.90 bits per heavy atom. The van der Waals surface area contributed by atoms with Crippen LogP contribution in [0.15, 0.2) is 24.3 Å². The van der Waals surface area contributed by atoms with E-state index in [1.165, 1.54) is 0 Å². The number of hydrogen-bond acceptors (Lipinski definition) is 5. The van der Waals surface area contributed by atoms with Gasteiger partial charge >= 0.3 is 0 Å². The first-order valence-electron chi connectivity index (χ1n) is 6.95. The molecule has 1 aliphatic rings. The second kappa shape index (κ2) is 6.91. The third-order valence-corrected chi connectivity index (χ3v) is 4.93. The molecule has 0 aliphatic carbocycles. The van der Waals surface area contributed by atoms with Gasteiger partial charge in [0.15, 0.2) is 9.84 Å². The fourth-order valence-electron chi connectivity index (χ4n) is 2.27. The van der Waals surface area contributed by atoms with E-state index in [0.717, 1.165) is 0 Å². The molecule has 7 heteroatoms. The van der Waals surface area contributed by atoms with Gasteiger partial charge in [0, 0.05) is 19.0 Å². The second-order valence-corrected chi connectivity index (χ2v) is 7.18. The molecule has 6 nitrogen and oxygen atoms in total. The zero-order valence-electron chi connectivity index (χ0n) is 12.0. The molecule has 1 amide bonds. The summed E-state index contributed by atoms with van der Waals surface area (Å²) in [5.74, 6) is 0.528. The van der Waals surface area contributed by atoms with Crippen molar-refractivity contribution in [2.45, 2.75) is 19.4 Å².